The van der Waals surface area contributed by atoms with E-state index in [1.165, 1.54) is 12.8 Å². The lowest BCUT2D eigenvalue weighted by Gasteiger charge is -2.06. The van der Waals surface area contributed by atoms with Gasteiger partial charge in [0, 0.05) is 0 Å². The molecule has 0 heterocycles. The second-order valence-corrected chi connectivity index (χ2v) is 6.85. The molecular formula is C7H12Br2. The van der Waals surface area contributed by atoms with Gasteiger partial charge in [0.05, 0.1) is 3.23 Å². The van der Waals surface area contributed by atoms with Crippen LogP contribution in [0.15, 0.2) is 0 Å². The van der Waals surface area contributed by atoms with E-state index < -0.39 is 0 Å². The molecule has 2 unspecified atom stereocenters. The fourth-order valence-electron chi connectivity index (χ4n) is 1.14. The second-order valence-electron chi connectivity index (χ2n) is 2.96. The number of hydrogen-bond donors (Lipinski definition) is 0. The van der Waals surface area contributed by atoms with E-state index in [1.54, 1.807) is 0 Å². The van der Waals surface area contributed by atoms with Crippen LogP contribution in [0.1, 0.15) is 26.7 Å². The minimum absolute atomic E-state index is 0.315. The van der Waals surface area contributed by atoms with E-state index in [0.29, 0.717) is 3.23 Å². The standard InChI is InChI=1S/C7H12Br2/c1-3-5(2)6-4-7(6,8)9/h5-6H,3-4H2,1-2H3. The Balaban J connectivity index is 2.33. The summed E-state index contributed by atoms with van der Waals surface area (Å²) in [5, 5.41) is 0. The third-order valence-electron chi connectivity index (χ3n) is 2.21. The van der Waals surface area contributed by atoms with E-state index >= 15 is 0 Å². The average Bonchev–Trinajstić information content (AvgIpc) is 2.38. The molecule has 0 aliphatic heterocycles. The molecule has 1 rings (SSSR count). The lowest BCUT2D eigenvalue weighted by Crippen LogP contribution is -2.00. The van der Waals surface area contributed by atoms with Gasteiger partial charge in [0.15, 0.2) is 0 Å². The summed E-state index contributed by atoms with van der Waals surface area (Å²) in [5.41, 5.74) is 0. The van der Waals surface area contributed by atoms with Crippen LogP contribution < -0.4 is 0 Å². The van der Waals surface area contributed by atoms with Crippen LogP contribution in [0.2, 0.25) is 0 Å². The van der Waals surface area contributed by atoms with Crippen molar-refractivity contribution in [2.24, 2.45) is 11.8 Å². The highest BCUT2D eigenvalue weighted by atomic mass is 79.9. The predicted molar refractivity (Wildman–Crippen MR) is 48.1 cm³/mol. The quantitative estimate of drug-likeness (QED) is 0.663. The van der Waals surface area contributed by atoms with Crippen LogP contribution in [-0.2, 0) is 0 Å². The highest BCUT2D eigenvalue weighted by Gasteiger charge is 2.52. The third-order valence-corrected chi connectivity index (χ3v) is 4.03. The zero-order valence-electron chi connectivity index (χ0n) is 5.82. The molecule has 1 fully saturated rings. The van der Waals surface area contributed by atoms with Crippen molar-refractivity contribution in [1.29, 1.82) is 0 Å². The van der Waals surface area contributed by atoms with Crippen LogP contribution in [0.5, 0.6) is 0 Å². The first kappa shape index (κ1) is 8.06. The fourth-order valence-corrected chi connectivity index (χ4v) is 2.74. The summed E-state index contributed by atoms with van der Waals surface area (Å²) in [5.74, 6) is 1.73. The minimum atomic E-state index is 0.315. The van der Waals surface area contributed by atoms with Crippen molar-refractivity contribution in [3.63, 3.8) is 0 Å². The number of alkyl halides is 2. The molecule has 0 aromatic rings. The van der Waals surface area contributed by atoms with Gasteiger partial charge in [-0.25, -0.2) is 0 Å². The van der Waals surface area contributed by atoms with Gasteiger partial charge in [-0.2, -0.15) is 0 Å². The van der Waals surface area contributed by atoms with Crippen LogP contribution in [0.4, 0.5) is 0 Å². The van der Waals surface area contributed by atoms with Crippen molar-refractivity contribution >= 4 is 31.9 Å². The van der Waals surface area contributed by atoms with Gasteiger partial charge < -0.3 is 0 Å². The number of rotatable bonds is 2. The van der Waals surface area contributed by atoms with E-state index in [2.05, 4.69) is 45.7 Å². The molecule has 0 spiro atoms. The molecule has 0 nitrogen and oxygen atoms in total. The fraction of sp³-hybridized carbons (Fsp3) is 1.00. The molecular weight excluding hydrogens is 244 g/mol. The molecule has 54 valence electrons. The van der Waals surface area contributed by atoms with E-state index in [-0.39, 0.29) is 0 Å². The van der Waals surface area contributed by atoms with E-state index in [4.69, 9.17) is 0 Å². The Bertz CT molecular complexity index is 109. The summed E-state index contributed by atoms with van der Waals surface area (Å²) in [4.78, 5) is 0. The van der Waals surface area contributed by atoms with Crippen LogP contribution in [0.25, 0.3) is 0 Å². The van der Waals surface area contributed by atoms with Crippen LogP contribution in [0.3, 0.4) is 0 Å². The average molecular weight is 256 g/mol. The Morgan fingerprint density at radius 1 is 1.67 bits per heavy atom. The zero-order chi connectivity index (χ0) is 7.07. The van der Waals surface area contributed by atoms with E-state index in [1.807, 2.05) is 0 Å². The first-order valence-electron chi connectivity index (χ1n) is 3.45. The van der Waals surface area contributed by atoms with Crippen molar-refractivity contribution in [1.82, 2.24) is 0 Å². The van der Waals surface area contributed by atoms with Crippen molar-refractivity contribution in [3.05, 3.63) is 0 Å². The van der Waals surface area contributed by atoms with Crippen LogP contribution >= 0.6 is 31.9 Å². The Labute approximate surface area is 73.7 Å². The van der Waals surface area contributed by atoms with Gasteiger partial charge >= 0.3 is 0 Å². The molecule has 9 heavy (non-hydrogen) atoms. The summed E-state index contributed by atoms with van der Waals surface area (Å²) in [6, 6.07) is 0. The summed E-state index contributed by atoms with van der Waals surface area (Å²) in [6.07, 6.45) is 2.59. The summed E-state index contributed by atoms with van der Waals surface area (Å²) in [7, 11) is 0. The Kier molecular flexibility index (Phi) is 2.27. The number of halogens is 2. The topological polar surface area (TPSA) is 0 Å². The molecule has 1 aliphatic rings. The van der Waals surface area contributed by atoms with E-state index in [0.717, 1.165) is 11.8 Å². The Morgan fingerprint density at radius 3 is 2.22 bits per heavy atom. The maximum absolute atomic E-state index is 3.61. The summed E-state index contributed by atoms with van der Waals surface area (Å²) >= 11 is 7.22. The van der Waals surface area contributed by atoms with Crippen molar-refractivity contribution in [2.75, 3.05) is 0 Å². The van der Waals surface area contributed by atoms with Gasteiger partial charge in [-0.05, 0) is 18.3 Å². The van der Waals surface area contributed by atoms with Gasteiger partial charge in [0.25, 0.3) is 0 Å². The molecule has 0 aromatic carbocycles. The molecule has 2 heteroatoms. The molecule has 1 aliphatic carbocycles. The first-order valence-corrected chi connectivity index (χ1v) is 5.04. The summed E-state index contributed by atoms with van der Waals surface area (Å²) in [6.45, 7) is 4.56. The van der Waals surface area contributed by atoms with Gasteiger partial charge in [-0.3, -0.25) is 0 Å². The molecule has 0 amide bonds. The van der Waals surface area contributed by atoms with E-state index in [9.17, 15) is 0 Å². The lowest BCUT2D eigenvalue weighted by molar-refractivity contribution is 0.493. The predicted octanol–water partition coefficient (Wildman–Crippen LogP) is 3.54. The highest BCUT2D eigenvalue weighted by Crippen LogP contribution is 2.60. The van der Waals surface area contributed by atoms with Gasteiger partial charge in [-0.15, -0.1) is 0 Å². The highest BCUT2D eigenvalue weighted by molar-refractivity contribution is 9.25. The van der Waals surface area contributed by atoms with Crippen molar-refractivity contribution < 1.29 is 0 Å². The van der Waals surface area contributed by atoms with Gasteiger partial charge in [-0.1, -0.05) is 52.1 Å². The largest absolute Gasteiger partial charge is 0.0840 e. The zero-order valence-corrected chi connectivity index (χ0v) is 9.00. The van der Waals surface area contributed by atoms with Crippen molar-refractivity contribution in [3.8, 4) is 0 Å². The molecule has 0 aromatic heterocycles. The first-order chi connectivity index (χ1) is 4.08. The Morgan fingerprint density at radius 2 is 2.11 bits per heavy atom. The monoisotopic (exact) mass is 254 g/mol. The van der Waals surface area contributed by atoms with Gasteiger partial charge in [0.2, 0.25) is 0 Å². The van der Waals surface area contributed by atoms with Crippen molar-refractivity contribution in [2.45, 2.75) is 29.9 Å². The maximum Gasteiger partial charge on any atom is 0.0840 e. The molecule has 0 bridgehead atoms. The third kappa shape index (κ3) is 1.70. The Hall–Kier alpha value is 0.960. The normalized spacial score (nSPS) is 34.0. The van der Waals surface area contributed by atoms with Crippen LogP contribution in [0, 0.1) is 11.8 Å². The minimum Gasteiger partial charge on any atom is -0.0724 e. The lowest BCUT2D eigenvalue weighted by atomic mass is 10.0. The maximum atomic E-state index is 3.61. The molecule has 1 saturated carbocycles. The smallest absolute Gasteiger partial charge is 0.0724 e. The summed E-state index contributed by atoms with van der Waals surface area (Å²) < 4.78 is 0.315. The second kappa shape index (κ2) is 2.54. The SMILES string of the molecule is CCC(C)C1CC1(Br)Br. The molecule has 0 saturated heterocycles. The molecule has 2 atom stereocenters. The van der Waals surface area contributed by atoms with Crippen LogP contribution in [-0.4, -0.2) is 3.23 Å². The number of hydrogen-bond acceptors (Lipinski definition) is 0. The molecule has 0 radical (unpaired) electrons. The van der Waals surface area contributed by atoms with Gasteiger partial charge in [0.1, 0.15) is 0 Å². The molecule has 0 N–H and O–H groups in total.